The van der Waals surface area contributed by atoms with Gasteiger partial charge in [-0.3, -0.25) is 4.79 Å². The van der Waals surface area contributed by atoms with Gasteiger partial charge in [0, 0.05) is 13.7 Å². The molecule has 0 aromatic heterocycles. The van der Waals surface area contributed by atoms with Crippen molar-refractivity contribution in [3.05, 3.63) is 35.4 Å². The van der Waals surface area contributed by atoms with Crippen molar-refractivity contribution < 1.29 is 27.8 Å². The number of carbonyl (C=O) groups excluding carboxylic acids is 1. The molecule has 0 saturated heterocycles. The normalized spacial score (nSPS) is 13.1. The number of carbonyl (C=O) groups is 1. The summed E-state index contributed by atoms with van der Waals surface area (Å²) in [5.41, 5.74) is -0.925. The number of hydrogen-bond acceptors (Lipinski definition) is 3. The molecule has 4 nitrogen and oxygen atoms in total. The smallest absolute Gasteiger partial charge is 0.389 e. The zero-order valence-electron chi connectivity index (χ0n) is 10.9. The number of nitrogens with one attached hydrogen (secondary N) is 1. The number of methoxy groups -OCH3 is 1. The Labute approximate surface area is 114 Å². The summed E-state index contributed by atoms with van der Waals surface area (Å²) in [6, 6.07) is 4.90. The van der Waals surface area contributed by atoms with E-state index in [0.717, 1.165) is 6.07 Å². The van der Waals surface area contributed by atoms with Gasteiger partial charge in [-0.2, -0.15) is 13.2 Å². The zero-order chi connectivity index (χ0) is 15.2. The number of rotatable bonds is 6. The van der Waals surface area contributed by atoms with Crippen molar-refractivity contribution in [1.82, 2.24) is 5.32 Å². The highest BCUT2D eigenvalue weighted by Gasteiger charge is 2.33. The number of amides is 1. The molecular weight excluding hydrogens is 275 g/mol. The Bertz CT molecular complexity index is 449. The van der Waals surface area contributed by atoms with Crippen LogP contribution in [0.1, 0.15) is 11.1 Å². The molecule has 0 fully saturated rings. The number of halogens is 3. The van der Waals surface area contributed by atoms with Crippen LogP contribution >= 0.6 is 0 Å². The molecule has 0 aliphatic heterocycles. The topological polar surface area (TPSA) is 58.6 Å². The highest BCUT2D eigenvalue weighted by molar-refractivity contribution is 5.79. The zero-order valence-corrected chi connectivity index (χ0v) is 10.9. The standard InChI is InChI=1S/C13H16F3NO3/c1-20-8-10(18)7-17-12(19)6-9-4-2-3-5-11(9)13(14,15)16/h2-5,10,18H,6-8H2,1H3,(H,17,19)/t10-/m1/s1. The predicted molar refractivity (Wildman–Crippen MR) is 66.0 cm³/mol. The largest absolute Gasteiger partial charge is 0.416 e. The van der Waals surface area contributed by atoms with Gasteiger partial charge in [-0.1, -0.05) is 18.2 Å². The first-order valence-corrected chi connectivity index (χ1v) is 5.93. The molecule has 0 spiro atoms. The van der Waals surface area contributed by atoms with Crippen LogP contribution in [0, 0.1) is 0 Å². The van der Waals surface area contributed by atoms with Gasteiger partial charge in [0.15, 0.2) is 0 Å². The Balaban J connectivity index is 2.63. The Morgan fingerprint density at radius 1 is 1.40 bits per heavy atom. The number of benzene rings is 1. The van der Waals surface area contributed by atoms with Crippen LogP contribution in [0.15, 0.2) is 24.3 Å². The van der Waals surface area contributed by atoms with E-state index >= 15 is 0 Å². The summed E-state index contributed by atoms with van der Waals surface area (Å²) in [5.74, 6) is -0.586. The van der Waals surface area contributed by atoms with Crippen LogP contribution in [0.4, 0.5) is 13.2 Å². The van der Waals surface area contributed by atoms with E-state index in [0.29, 0.717) is 0 Å². The fourth-order valence-electron chi connectivity index (χ4n) is 1.67. The van der Waals surface area contributed by atoms with Crippen molar-refractivity contribution in [2.75, 3.05) is 20.3 Å². The van der Waals surface area contributed by atoms with Crippen molar-refractivity contribution in [3.63, 3.8) is 0 Å². The van der Waals surface area contributed by atoms with E-state index in [1.807, 2.05) is 0 Å². The molecule has 0 unspecified atom stereocenters. The maximum atomic E-state index is 12.7. The van der Waals surface area contributed by atoms with Crippen LogP contribution in [0.5, 0.6) is 0 Å². The van der Waals surface area contributed by atoms with Gasteiger partial charge in [0.25, 0.3) is 0 Å². The number of alkyl halides is 3. The highest BCUT2D eigenvalue weighted by atomic mass is 19.4. The third kappa shape index (κ3) is 5.18. The molecule has 0 saturated carbocycles. The minimum Gasteiger partial charge on any atom is -0.389 e. The fourth-order valence-corrected chi connectivity index (χ4v) is 1.67. The molecule has 1 aromatic carbocycles. The molecule has 7 heteroatoms. The molecule has 0 aliphatic carbocycles. The van der Waals surface area contributed by atoms with Gasteiger partial charge < -0.3 is 15.2 Å². The lowest BCUT2D eigenvalue weighted by Crippen LogP contribution is -2.35. The lowest BCUT2D eigenvalue weighted by Gasteiger charge is -2.14. The average Bonchev–Trinajstić information content (AvgIpc) is 2.36. The second-order valence-electron chi connectivity index (χ2n) is 4.24. The van der Waals surface area contributed by atoms with E-state index < -0.39 is 30.2 Å². The quantitative estimate of drug-likeness (QED) is 0.832. The predicted octanol–water partition coefficient (Wildman–Crippen LogP) is 1.37. The summed E-state index contributed by atoms with van der Waals surface area (Å²) >= 11 is 0. The Hall–Kier alpha value is -1.60. The lowest BCUT2D eigenvalue weighted by atomic mass is 10.0. The number of aliphatic hydroxyl groups excluding tert-OH is 1. The van der Waals surface area contributed by atoms with Gasteiger partial charge in [0.2, 0.25) is 5.91 Å². The number of aliphatic hydroxyl groups is 1. The Kier molecular flexibility index (Phi) is 5.97. The summed E-state index contributed by atoms with van der Waals surface area (Å²) in [4.78, 5) is 11.6. The minimum atomic E-state index is -4.49. The molecule has 1 aromatic rings. The van der Waals surface area contributed by atoms with Crippen LogP contribution in [0.2, 0.25) is 0 Å². The average molecular weight is 291 g/mol. The summed E-state index contributed by atoms with van der Waals surface area (Å²) in [7, 11) is 1.39. The molecule has 0 heterocycles. The van der Waals surface area contributed by atoms with Crippen molar-refractivity contribution >= 4 is 5.91 Å². The lowest BCUT2D eigenvalue weighted by molar-refractivity contribution is -0.138. The molecule has 1 atom stereocenters. The first kappa shape index (κ1) is 16.5. The van der Waals surface area contributed by atoms with Gasteiger partial charge >= 0.3 is 6.18 Å². The molecule has 0 aliphatic rings. The number of ether oxygens (including phenoxy) is 1. The fraction of sp³-hybridized carbons (Fsp3) is 0.462. The van der Waals surface area contributed by atoms with Gasteiger partial charge in [-0.15, -0.1) is 0 Å². The molecule has 0 bridgehead atoms. The second kappa shape index (κ2) is 7.25. The Morgan fingerprint density at radius 2 is 2.05 bits per heavy atom. The van der Waals surface area contributed by atoms with Crippen LogP contribution < -0.4 is 5.32 Å². The van der Waals surface area contributed by atoms with Gasteiger partial charge in [-0.05, 0) is 11.6 Å². The monoisotopic (exact) mass is 291 g/mol. The van der Waals surface area contributed by atoms with Crippen LogP contribution in [0.25, 0.3) is 0 Å². The van der Waals surface area contributed by atoms with Gasteiger partial charge in [0.1, 0.15) is 0 Å². The maximum Gasteiger partial charge on any atom is 0.416 e. The first-order chi connectivity index (χ1) is 9.34. The summed E-state index contributed by atoms with van der Waals surface area (Å²) in [6.45, 7) is -0.0275. The van der Waals surface area contributed by atoms with Crippen LogP contribution in [0.3, 0.4) is 0 Å². The molecule has 1 rings (SSSR count). The maximum absolute atomic E-state index is 12.7. The summed E-state index contributed by atoms with van der Waals surface area (Å²) in [5, 5.41) is 11.7. The van der Waals surface area contributed by atoms with Crippen molar-refractivity contribution in [3.8, 4) is 0 Å². The second-order valence-corrected chi connectivity index (χ2v) is 4.24. The van der Waals surface area contributed by atoms with E-state index in [1.165, 1.54) is 25.3 Å². The molecule has 0 radical (unpaired) electrons. The summed E-state index contributed by atoms with van der Waals surface area (Å²) < 4.78 is 42.8. The van der Waals surface area contributed by atoms with E-state index in [2.05, 4.69) is 10.1 Å². The third-order valence-corrected chi connectivity index (χ3v) is 2.57. The third-order valence-electron chi connectivity index (χ3n) is 2.57. The van der Waals surface area contributed by atoms with E-state index in [9.17, 15) is 23.1 Å². The molecule has 112 valence electrons. The van der Waals surface area contributed by atoms with Gasteiger partial charge in [0.05, 0.1) is 24.7 Å². The molecule has 20 heavy (non-hydrogen) atoms. The Morgan fingerprint density at radius 3 is 2.65 bits per heavy atom. The van der Waals surface area contributed by atoms with Crippen LogP contribution in [-0.4, -0.2) is 37.4 Å². The minimum absolute atomic E-state index is 0.0411. The SMILES string of the molecule is COC[C@H](O)CNC(=O)Cc1ccccc1C(F)(F)F. The van der Waals surface area contributed by atoms with Crippen molar-refractivity contribution in [1.29, 1.82) is 0 Å². The molecular formula is C13H16F3NO3. The number of hydrogen-bond donors (Lipinski definition) is 2. The first-order valence-electron chi connectivity index (χ1n) is 5.93. The van der Waals surface area contributed by atoms with Crippen LogP contribution in [-0.2, 0) is 22.1 Å². The van der Waals surface area contributed by atoms with E-state index in [-0.39, 0.29) is 18.7 Å². The van der Waals surface area contributed by atoms with Gasteiger partial charge in [-0.25, -0.2) is 0 Å². The van der Waals surface area contributed by atoms with E-state index in [1.54, 1.807) is 0 Å². The van der Waals surface area contributed by atoms with Crippen molar-refractivity contribution in [2.45, 2.75) is 18.7 Å². The molecule has 1 amide bonds. The highest BCUT2D eigenvalue weighted by Crippen LogP contribution is 2.31. The molecule has 2 N–H and O–H groups in total. The van der Waals surface area contributed by atoms with Crippen molar-refractivity contribution in [2.24, 2.45) is 0 Å². The summed E-state index contributed by atoms with van der Waals surface area (Å²) in [6.07, 6.45) is -5.77. The van der Waals surface area contributed by atoms with E-state index in [4.69, 9.17) is 0 Å².